The molecule has 20 heavy (non-hydrogen) atoms. The number of carbonyl (C=O) groups excluding carboxylic acids is 1. The van der Waals surface area contributed by atoms with Gasteiger partial charge >= 0.3 is 5.97 Å². The van der Waals surface area contributed by atoms with E-state index in [1.807, 2.05) is 0 Å². The van der Waals surface area contributed by atoms with Gasteiger partial charge in [-0.3, -0.25) is 4.79 Å². The number of rotatable bonds is 4. The van der Waals surface area contributed by atoms with Crippen molar-refractivity contribution in [1.82, 2.24) is 4.90 Å². The second-order valence-corrected chi connectivity index (χ2v) is 5.68. The zero-order valence-corrected chi connectivity index (χ0v) is 12.4. The fourth-order valence-electron chi connectivity index (χ4n) is 2.70. The van der Waals surface area contributed by atoms with Crippen molar-refractivity contribution < 1.29 is 9.53 Å². The minimum Gasteiger partial charge on any atom is -0.465 e. The molecule has 2 N–H and O–H groups in total. The lowest BCUT2D eigenvalue weighted by Gasteiger charge is -2.29. The number of nitrogens with two attached hydrogens (primary N) is 1. The van der Waals surface area contributed by atoms with Crippen molar-refractivity contribution >= 4 is 5.97 Å². The number of hydrogen-bond acceptors (Lipinski definition) is 4. The van der Waals surface area contributed by atoms with Crippen molar-refractivity contribution in [1.29, 1.82) is 0 Å². The van der Waals surface area contributed by atoms with Gasteiger partial charge in [-0.15, -0.1) is 0 Å². The molecule has 0 amide bonds. The predicted octanol–water partition coefficient (Wildman–Crippen LogP) is 1.37. The van der Waals surface area contributed by atoms with Gasteiger partial charge in [0, 0.05) is 19.6 Å². The van der Waals surface area contributed by atoms with Crippen molar-refractivity contribution in [3.63, 3.8) is 0 Å². The van der Waals surface area contributed by atoms with E-state index >= 15 is 0 Å². The Morgan fingerprint density at radius 1 is 1.30 bits per heavy atom. The Morgan fingerprint density at radius 3 is 2.35 bits per heavy atom. The molecule has 110 valence electrons. The van der Waals surface area contributed by atoms with E-state index in [0.29, 0.717) is 13.2 Å². The highest BCUT2D eigenvalue weighted by atomic mass is 16.5. The number of nitrogens with zero attached hydrogens (tertiary/aromatic N) is 1. The molecule has 1 aromatic carbocycles. The molecule has 1 heterocycles. The zero-order valence-electron chi connectivity index (χ0n) is 12.4. The molecule has 0 aromatic heterocycles. The van der Waals surface area contributed by atoms with Crippen LogP contribution in [0.5, 0.6) is 0 Å². The van der Waals surface area contributed by atoms with E-state index in [9.17, 15) is 4.79 Å². The Morgan fingerprint density at radius 2 is 1.85 bits per heavy atom. The van der Waals surface area contributed by atoms with E-state index in [1.54, 1.807) is 13.8 Å². The van der Waals surface area contributed by atoms with Gasteiger partial charge in [0.25, 0.3) is 0 Å². The van der Waals surface area contributed by atoms with Gasteiger partial charge in [-0.1, -0.05) is 24.3 Å². The molecule has 1 unspecified atom stereocenters. The van der Waals surface area contributed by atoms with Gasteiger partial charge in [0.05, 0.1) is 6.61 Å². The summed E-state index contributed by atoms with van der Waals surface area (Å²) in [5.74, 6) is -0.318. The molecule has 0 spiro atoms. The average molecular weight is 276 g/mol. The molecular weight excluding hydrogens is 252 g/mol. The van der Waals surface area contributed by atoms with Crippen LogP contribution in [-0.2, 0) is 22.4 Å². The summed E-state index contributed by atoms with van der Waals surface area (Å²) < 4.78 is 5.05. The molecule has 1 atom stereocenters. The van der Waals surface area contributed by atoms with Crippen molar-refractivity contribution in [2.45, 2.75) is 32.2 Å². The fourth-order valence-corrected chi connectivity index (χ4v) is 2.70. The fraction of sp³-hybridized carbons (Fsp3) is 0.562. The molecule has 1 aliphatic rings. The summed E-state index contributed by atoms with van der Waals surface area (Å²) in [4.78, 5) is 14.1. The van der Waals surface area contributed by atoms with E-state index in [1.165, 1.54) is 11.1 Å². The molecule has 4 heteroatoms. The molecule has 4 nitrogen and oxygen atoms in total. The summed E-state index contributed by atoms with van der Waals surface area (Å²) in [7, 11) is 0. The smallest absolute Gasteiger partial charge is 0.327 e. The summed E-state index contributed by atoms with van der Waals surface area (Å²) in [6.45, 7) is 6.34. The summed E-state index contributed by atoms with van der Waals surface area (Å²) in [6, 6.07) is 8.54. The van der Waals surface area contributed by atoms with Crippen molar-refractivity contribution in [2.75, 3.05) is 26.2 Å². The first kappa shape index (κ1) is 15.0. The molecule has 0 saturated heterocycles. The van der Waals surface area contributed by atoms with Crippen molar-refractivity contribution in [2.24, 2.45) is 5.73 Å². The maximum absolute atomic E-state index is 11.9. The third-order valence-electron chi connectivity index (χ3n) is 3.81. The maximum atomic E-state index is 11.9. The minimum absolute atomic E-state index is 0.318. The molecule has 0 fully saturated rings. The van der Waals surface area contributed by atoms with E-state index in [0.717, 1.165) is 25.9 Å². The van der Waals surface area contributed by atoms with Crippen LogP contribution in [0.3, 0.4) is 0 Å². The lowest BCUT2D eigenvalue weighted by molar-refractivity contribution is -0.149. The lowest BCUT2D eigenvalue weighted by atomic mass is 10.0. The Kier molecular flexibility index (Phi) is 4.78. The minimum atomic E-state index is -0.938. The van der Waals surface area contributed by atoms with E-state index in [-0.39, 0.29) is 5.97 Å². The van der Waals surface area contributed by atoms with E-state index < -0.39 is 5.54 Å². The van der Waals surface area contributed by atoms with Crippen LogP contribution in [-0.4, -0.2) is 42.6 Å². The predicted molar refractivity (Wildman–Crippen MR) is 79.5 cm³/mol. The molecule has 1 aliphatic heterocycles. The van der Waals surface area contributed by atoms with Gasteiger partial charge in [0.2, 0.25) is 0 Å². The van der Waals surface area contributed by atoms with Gasteiger partial charge in [-0.05, 0) is 37.8 Å². The summed E-state index contributed by atoms with van der Waals surface area (Å²) in [6.07, 6.45) is 2.02. The highest BCUT2D eigenvalue weighted by Gasteiger charge is 2.32. The number of carbonyl (C=O) groups is 1. The van der Waals surface area contributed by atoms with Crippen LogP contribution >= 0.6 is 0 Å². The molecule has 1 aromatic rings. The summed E-state index contributed by atoms with van der Waals surface area (Å²) in [5.41, 5.74) is 7.99. The maximum Gasteiger partial charge on any atom is 0.327 e. The van der Waals surface area contributed by atoms with Crippen molar-refractivity contribution in [3.8, 4) is 0 Å². The number of ether oxygens (including phenoxy) is 1. The molecule has 2 rings (SSSR count). The topological polar surface area (TPSA) is 55.6 Å². The first-order valence-corrected chi connectivity index (χ1v) is 7.28. The monoisotopic (exact) mass is 276 g/mol. The zero-order chi connectivity index (χ0) is 14.6. The third-order valence-corrected chi connectivity index (χ3v) is 3.81. The number of hydrogen-bond donors (Lipinski definition) is 1. The molecule has 0 aliphatic carbocycles. The largest absolute Gasteiger partial charge is 0.465 e. The standard InChI is InChI=1S/C16H24N2O2/c1-3-20-15(19)16(2,17)12-18-10-8-13-6-4-5-7-14(13)9-11-18/h4-7H,3,8-12,17H2,1-2H3. The van der Waals surface area contributed by atoms with Crippen molar-refractivity contribution in [3.05, 3.63) is 35.4 Å². The second kappa shape index (κ2) is 6.37. The first-order valence-electron chi connectivity index (χ1n) is 7.28. The highest BCUT2D eigenvalue weighted by molar-refractivity contribution is 5.80. The van der Waals surface area contributed by atoms with Crippen LogP contribution in [0.4, 0.5) is 0 Å². The Labute approximate surface area is 120 Å². The number of esters is 1. The quantitative estimate of drug-likeness (QED) is 0.844. The van der Waals surface area contributed by atoms with Crippen LogP contribution in [0.15, 0.2) is 24.3 Å². The number of benzene rings is 1. The second-order valence-electron chi connectivity index (χ2n) is 5.68. The summed E-state index contributed by atoms with van der Waals surface area (Å²) in [5, 5.41) is 0. The molecule has 0 radical (unpaired) electrons. The van der Waals surface area contributed by atoms with Crippen LogP contribution in [0, 0.1) is 0 Å². The van der Waals surface area contributed by atoms with Crippen LogP contribution in [0.2, 0.25) is 0 Å². The summed E-state index contributed by atoms with van der Waals surface area (Å²) >= 11 is 0. The number of fused-ring (bicyclic) bond motifs is 1. The van der Waals surface area contributed by atoms with Crippen LogP contribution < -0.4 is 5.73 Å². The highest BCUT2D eigenvalue weighted by Crippen LogP contribution is 2.17. The molecular formula is C16H24N2O2. The Balaban J connectivity index is 1.97. The van der Waals surface area contributed by atoms with E-state index in [2.05, 4.69) is 29.2 Å². The van der Waals surface area contributed by atoms with Crippen LogP contribution in [0.1, 0.15) is 25.0 Å². The Bertz CT molecular complexity index is 444. The Hall–Kier alpha value is -1.39. The molecule has 0 bridgehead atoms. The molecule has 0 saturated carbocycles. The third kappa shape index (κ3) is 3.58. The van der Waals surface area contributed by atoms with E-state index in [4.69, 9.17) is 10.5 Å². The van der Waals surface area contributed by atoms with Gasteiger partial charge < -0.3 is 15.4 Å². The normalized spacial score (nSPS) is 18.8. The van der Waals surface area contributed by atoms with Gasteiger partial charge in [0.1, 0.15) is 5.54 Å². The van der Waals surface area contributed by atoms with Gasteiger partial charge in [-0.2, -0.15) is 0 Å². The van der Waals surface area contributed by atoms with Gasteiger partial charge in [-0.25, -0.2) is 0 Å². The first-order chi connectivity index (χ1) is 9.53. The van der Waals surface area contributed by atoms with Gasteiger partial charge in [0.15, 0.2) is 0 Å². The average Bonchev–Trinajstić information content (AvgIpc) is 2.62. The lowest BCUT2D eigenvalue weighted by Crippen LogP contribution is -2.55. The SMILES string of the molecule is CCOC(=O)C(C)(N)CN1CCc2ccccc2CC1. The van der Waals surface area contributed by atoms with Crippen LogP contribution in [0.25, 0.3) is 0 Å².